The zero-order valence-electron chi connectivity index (χ0n) is 15.0. The van der Waals surface area contributed by atoms with Crippen molar-refractivity contribution in [3.05, 3.63) is 16.1 Å². The fraction of sp³-hybridized carbons (Fsp3) is 0.733. The van der Waals surface area contributed by atoms with Crippen LogP contribution in [0.5, 0.6) is 0 Å². The van der Waals surface area contributed by atoms with Crippen LogP contribution in [0.4, 0.5) is 13.2 Å². The van der Waals surface area contributed by atoms with E-state index in [4.69, 9.17) is 0 Å². The number of alkyl halides is 3. The van der Waals surface area contributed by atoms with Crippen LogP contribution in [0.1, 0.15) is 38.4 Å². The van der Waals surface area contributed by atoms with Gasteiger partial charge in [-0.3, -0.25) is 4.99 Å². The van der Waals surface area contributed by atoms with Gasteiger partial charge in [0.25, 0.3) is 0 Å². The fourth-order valence-electron chi connectivity index (χ4n) is 1.78. The lowest BCUT2D eigenvalue weighted by atomic mass is 10.1. The Morgan fingerprint density at radius 1 is 1.20 bits per heavy atom. The summed E-state index contributed by atoms with van der Waals surface area (Å²) < 4.78 is 37.5. The first-order valence-corrected chi connectivity index (χ1v) is 8.78. The average molecular weight is 493 g/mol. The zero-order chi connectivity index (χ0) is 18.2. The van der Waals surface area contributed by atoms with Crippen molar-refractivity contribution in [2.75, 3.05) is 26.2 Å². The third kappa shape index (κ3) is 10.9. The molecule has 1 aromatic rings. The summed E-state index contributed by atoms with van der Waals surface area (Å²) in [4.78, 5) is 8.04. The highest BCUT2D eigenvalue weighted by molar-refractivity contribution is 14.0. The molecule has 0 unspecified atom stereocenters. The number of aromatic nitrogens is 1. The first-order chi connectivity index (χ1) is 11.1. The van der Waals surface area contributed by atoms with Crippen LogP contribution in [0.25, 0.3) is 0 Å². The molecule has 5 nitrogen and oxygen atoms in total. The Hall–Kier alpha value is -0.620. The molecule has 3 N–H and O–H groups in total. The lowest BCUT2D eigenvalue weighted by molar-refractivity contribution is -0.140. The van der Waals surface area contributed by atoms with Crippen molar-refractivity contribution < 1.29 is 13.2 Å². The normalized spacial score (nSPS) is 12.7. The van der Waals surface area contributed by atoms with Gasteiger partial charge in [0, 0.05) is 37.0 Å². The lowest BCUT2D eigenvalue weighted by Gasteiger charge is -2.19. The van der Waals surface area contributed by atoms with E-state index < -0.39 is 11.9 Å². The van der Waals surface area contributed by atoms with Crippen molar-refractivity contribution in [2.24, 2.45) is 4.99 Å². The molecule has 10 heteroatoms. The summed E-state index contributed by atoms with van der Waals surface area (Å²) in [5, 5.41) is 11.1. The molecule has 0 radical (unpaired) electrons. The predicted molar refractivity (Wildman–Crippen MR) is 108 cm³/mol. The number of nitrogens with one attached hydrogen (secondary N) is 3. The molecular weight excluding hydrogens is 466 g/mol. The number of thiazole rings is 1. The minimum Gasteiger partial charge on any atom is -0.357 e. The van der Waals surface area contributed by atoms with Crippen molar-refractivity contribution in [1.82, 2.24) is 20.9 Å². The molecule has 0 aliphatic carbocycles. The second-order valence-electron chi connectivity index (χ2n) is 6.24. The Bertz CT molecular complexity index is 526. The standard InChI is InChI=1S/C15H26F3N5S.HI/c1-5-19-13(21-8-9-22-14(2,3)4)20-7-6-12-23-11(10-24-12)15(16,17)18;/h10,22H,5-9H2,1-4H3,(H2,19,20,21);1H. The summed E-state index contributed by atoms with van der Waals surface area (Å²) >= 11 is 1.02. The highest BCUT2D eigenvalue weighted by Gasteiger charge is 2.33. The number of hydrogen-bond donors (Lipinski definition) is 3. The summed E-state index contributed by atoms with van der Waals surface area (Å²) in [6.07, 6.45) is -3.95. The summed E-state index contributed by atoms with van der Waals surface area (Å²) in [6, 6.07) is 0. The first kappa shape index (κ1) is 24.4. The van der Waals surface area contributed by atoms with E-state index in [2.05, 4.69) is 46.7 Å². The van der Waals surface area contributed by atoms with Gasteiger partial charge in [0.15, 0.2) is 11.7 Å². The second kappa shape index (κ2) is 11.2. The van der Waals surface area contributed by atoms with Crippen LogP contribution in [0.15, 0.2) is 10.4 Å². The summed E-state index contributed by atoms with van der Waals surface area (Å²) in [7, 11) is 0. The zero-order valence-corrected chi connectivity index (χ0v) is 18.1. The number of nitrogens with zero attached hydrogens (tertiary/aromatic N) is 2. The SMILES string of the molecule is CCNC(=NCCNC(C)(C)C)NCCc1nc(C(F)(F)F)cs1.I. The van der Waals surface area contributed by atoms with E-state index in [-0.39, 0.29) is 29.5 Å². The molecule has 1 heterocycles. The first-order valence-electron chi connectivity index (χ1n) is 7.90. The molecule has 0 aromatic carbocycles. The largest absolute Gasteiger partial charge is 0.434 e. The van der Waals surface area contributed by atoms with Crippen LogP contribution in [0, 0.1) is 0 Å². The number of guanidine groups is 1. The summed E-state index contributed by atoms with van der Waals surface area (Å²) in [6.45, 7) is 10.8. The molecule has 25 heavy (non-hydrogen) atoms. The van der Waals surface area contributed by atoms with Crippen molar-refractivity contribution in [3.63, 3.8) is 0 Å². The molecule has 1 rings (SSSR count). The van der Waals surface area contributed by atoms with E-state index in [1.807, 2.05) is 6.92 Å². The highest BCUT2D eigenvalue weighted by Crippen LogP contribution is 2.29. The van der Waals surface area contributed by atoms with Gasteiger partial charge in [-0.15, -0.1) is 35.3 Å². The highest BCUT2D eigenvalue weighted by atomic mass is 127. The third-order valence-electron chi connectivity index (χ3n) is 2.85. The van der Waals surface area contributed by atoms with E-state index >= 15 is 0 Å². The van der Waals surface area contributed by atoms with Crippen molar-refractivity contribution in [2.45, 2.75) is 45.8 Å². The number of aliphatic imine (C=N–C) groups is 1. The Kier molecular flexibility index (Phi) is 10.9. The number of hydrogen-bond acceptors (Lipinski definition) is 4. The van der Waals surface area contributed by atoms with Gasteiger partial charge in [0.05, 0.1) is 11.6 Å². The average Bonchev–Trinajstić information content (AvgIpc) is 2.91. The molecule has 0 aliphatic heterocycles. The smallest absolute Gasteiger partial charge is 0.357 e. The Balaban J connectivity index is 0.00000576. The van der Waals surface area contributed by atoms with Crippen LogP contribution in [0.2, 0.25) is 0 Å². The Morgan fingerprint density at radius 2 is 1.88 bits per heavy atom. The van der Waals surface area contributed by atoms with Gasteiger partial charge in [-0.2, -0.15) is 13.2 Å². The molecule has 0 atom stereocenters. The van der Waals surface area contributed by atoms with Crippen LogP contribution in [0.3, 0.4) is 0 Å². The van der Waals surface area contributed by atoms with Crippen LogP contribution < -0.4 is 16.0 Å². The monoisotopic (exact) mass is 493 g/mol. The number of halogens is 4. The van der Waals surface area contributed by atoms with Gasteiger partial charge in [-0.1, -0.05) is 0 Å². The molecule has 0 fully saturated rings. The maximum atomic E-state index is 12.5. The van der Waals surface area contributed by atoms with Gasteiger partial charge in [0.1, 0.15) is 0 Å². The van der Waals surface area contributed by atoms with Gasteiger partial charge >= 0.3 is 6.18 Å². The molecule has 1 aromatic heterocycles. The summed E-state index contributed by atoms with van der Waals surface area (Å²) in [5.41, 5.74) is -0.779. The molecule has 0 amide bonds. The van der Waals surface area contributed by atoms with Gasteiger partial charge in [-0.05, 0) is 27.7 Å². The Morgan fingerprint density at radius 3 is 2.40 bits per heavy atom. The van der Waals surface area contributed by atoms with Gasteiger partial charge in [-0.25, -0.2) is 4.98 Å². The minimum atomic E-state index is -4.38. The van der Waals surface area contributed by atoms with E-state index in [1.165, 1.54) is 0 Å². The molecular formula is C15H27F3IN5S. The topological polar surface area (TPSA) is 61.3 Å². The van der Waals surface area contributed by atoms with Gasteiger partial charge in [0.2, 0.25) is 0 Å². The van der Waals surface area contributed by atoms with E-state index in [0.29, 0.717) is 37.0 Å². The van der Waals surface area contributed by atoms with Crippen LogP contribution in [-0.4, -0.2) is 42.7 Å². The van der Waals surface area contributed by atoms with Crippen molar-refractivity contribution in [1.29, 1.82) is 0 Å². The van der Waals surface area contributed by atoms with E-state index in [1.54, 1.807) is 0 Å². The Labute approximate surface area is 168 Å². The third-order valence-corrected chi connectivity index (χ3v) is 3.76. The number of rotatable bonds is 7. The van der Waals surface area contributed by atoms with E-state index in [9.17, 15) is 13.2 Å². The lowest BCUT2D eigenvalue weighted by Crippen LogP contribution is -2.40. The molecule has 0 spiro atoms. The van der Waals surface area contributed by atoms with Crippen LogP contribution in [-0.2, 0) is 12.6 Å². The molecule has 146 valence electrons. The molecule has 0 saturated heterocycles. The summed E-state index contributed by atoms with van der Waals surface area (Å²) in [5.74, 6) is 0.654. The minimum absolute atomic E-state index is 0. The van der Waals surface area contributed by atoms with Crippen LogP contribution >= 0.6 is 35.3 Å². The fourth-order valence-corrected chi connectivity index (χ4v) is 2.59. The quantitative estimate of drug-likeness (QED) is 0.236. The molecule has 0 saturated carbocycles. The van der Waals surface area contributed by atoms with Crippen molar-refractivity contribution in [3.8, 4) is 0 Å². The second-order valence-corrected chi connectivity index (χ2v) is 7.18. The maximum absolute atomic E-state index is 12.5. The molecule has 0 aliphatic rings. The van der Waals surface area contributed by atoms with E-state index in [0.717, 1.165) is 23.3 Å². The predicted octanol–water partition coefficient (Wildman–Crippen LogP) is 3.27. The van der Waals surface area contributed by atoms with Crippen molar-refractivity contribution >= 4 is 41.3 Å². The maximum Gasteiger partial charge on any atom is 0.434 e. The molecule has 0 bridgehead atoms. The van der Waals surface area contributed by atoms with Gasteiger partial charge < -0.3 is 16.0 Å².